The number of hydrogen-bond donors (Lipinski definition) is 0. The summed E-state index contributed by atoms with van der Waals surface area (Å²) in [7, 11) is 0. The predicted octanol–water partition coefficient (Wildman–Crippen LogP) is 15.1. The Hall–Kier alpha value is -6.68. The lowest BCUT2D eigenvalue weighted by Crippen LogP contribution is -2.12. The highest BCUT2D eigenvalue weighted by molar-refractivity contribution is 7.25. The largest absolute Gasteiger partial charge is 0.455 e. The Labute approximate surface area is 310 Å². The van der Waals surface area contributed by atoms with Crippen molar-refractivity contribution < 1.29 is 4.42 Å². The molecule has 0 amide bonds. The summed E-state index contributed by atoms with van der Waals surface area (Å²) in [5.74, 6) is 0. The summed E-state index contributed by atoms with van der Waals surface area (Å²) in [6.07, 6.45) is 0. The first-order chi connectivity index (χ1) is 26.3. The molecule has 0 unspecified atom stereocenters. The number of furan rings is 1. The van der Waals surface area contributed by atoms with Gasteiger partial charge in [-0.05, 0) is 70.4 Å². The van der Waals surface area contributed by atoms with Crippen LogP contribution in [0.25, 0.3) is 85.9 Å². The average Bonchev–Trinajstić information content (AvgIpc) is 3.80. The third-order valence-electron chi connectivity index (χ3n) is 10.6. The number of rotatable bonds is 5. The first-order valence-corrected chi connectivity index (χ1v) is 18.8. The van der Waals surface area contributed by atoms with Gasteiger partial charge in [0, 0.05) is 58.5 Å². The van der Waals surface area contributed by atoms with Gasteiger partial charge in [-0.3, -0.25) is 0 Å². The third-order valence-corrected chi connectivity index (χ3v) is 11.8. The molecule has 0 N–H and O–H groups in total. The topological polar surface area (TPSA) is 16.4 Å². The number of fused-ring (bicyclic) bond motifs is 9. The van der Waals surface area contributed by atoms with Gasteiger partial charge in [-0.25, -0.2) is 0 Å². The molecule has 0 aliphatic rings. The van der Waals surface area contributed by atoms with Crippen LogP contribution in [0, 0.1) is 0 Å². The van der Waals surface area contributed by atoms with Crippen LogP contribution in [0.2, 0.25) is 0 Å². The zero-order chi connectivity index (χ0) is 34.9. The number of nitrogens with zero attached hydrogens (tertiary/aromatic N) is 1. The number of thiophene rings is 1. The second kappa shape index (κ2) is 11.9. The number of anilines is 3. The molecule has 0 aliphatic carbocycles. The van der Waals surface area contributed by atoms with E-state index in [-0.39, 0.29) is 0 Å². The minimum absolute atomic E-state index is 0.897. The Morgan fingerprint density at radius 1 is 0.358 bits per heavy atom. The van der Waals surface area contributed by atoms with Crippen LogP contribution in [0.15, 0.2) is 192 Å². The van der Waals surface area contributed by atoms with Gasteiger partial charge in [0.1, 0.15) is 11.2 Å². The molecular formula is C50H31NOS. The molecule has 0 bridgehead atoms. The lowest BCUT2D eigenvalue weighted by molar-refractivity contribution is 0.674. The van der Waals surface area contributed by atoms with Crippen molar-refractivity contribution in [2.75, 3.05) is 4.90 Å². The molecule has 9 aromatic carbocycles. The molecule has 0 saturated heterocycles. The Morgan fingerprint density at radius 3 is 1.91 bits per heavy atom. The first-order valence-electron chi connectivity index (χ1n) is 18.0. The Bertz CT molecular complexity index is 3200. The van der Waals surface area contributed by atoms with E-state index < -0.39 is 0 Å². The van der Waals surface area contributed by atoms with Crippen LogP contribution in [0.5, 0.6) is 0 Å². The van der Waals surface area contributed by atoms with Crippen LogP contribution >= 0.6 is 11.3 Å². The monoisotopic (exact) mass is 693 g/mol. The summed E-state index contributed by atoms with van der Waals surface area (Å²) in [6, 6.07) is 68.0. The molecule has 3 heteroatoms. The molecule has 0 saturated carbocycles. The van der Waals surface area contributed by atoms with Crippen molar-refractivity contribution in [3.8, 4) is 22.3 Å². The summed E-state index contributed by atoms with van der Waals surface area (Å²) < 4.78 is 9.52. The van der Waals surface area contributed by atoms with Crippen molar-refractivity contribution >= 4 is 92.1 Å². The molecule has 11 aromatic rings. The van der Waals surface area contributed by atoms with Gasteiger partial charge < -0.3 is 9.32 Å². The Morgan fingerprint density at radius 2 is 0.981 bits per heavy atom. The van der Waals surface area contributed by atoms with Gasteiger partial charge in [0.05, 0.1) is 11.4 Å². The highest BCUT2D eigenvalue weighted by atomic mass is 32.1. The molecule has 0 aliphatic heterocycles. The molecule has 2 heterocycles. The van der Waals surface area contributed by atoms with Gasteiger partial charge in [-0.2, -0.15) is 0 Å². The molecule has 248 valence electrons. The summed E-state index contributed by atoms with van der Waals surface area (Å²) in [6.45, 7) is 0. The van der Waals surface area contributed by atoms with Crippen LogP contribution in [0.4, 0.5) is 17.1 Å². The van der Waals surface area contributed by atoms with Crippen molar-refractivity contribution in [1.29, 1.82) is 0 Å². The van der Waals surface area contributed by atoms with E-state index in [1.165, 1.54) is 47.5 Å². The second-order valence-electron chi connectivity index (χ2n) is 13.7. The van der Waals surface area contributed by atoms with Crippen LogP contribution in [0.3, 0.4) is 0 Å². The SMILES string of the molecule is c1cc(-c2ccc3sc4ccccc4c3c2)cc(N(c2ccccc2-c2cccc3c2oc2c4ccccc4ccc32)c2cccc3ccccc23)c1. The van der Waals surface area contributed by atoms with Gasteiger partial charge in [0.2, 0.25) is 0 Å². The molecule has 2 aromatic heterocycles. The van der Waals surface area contributed by atoms with Crippen LogP contribution in [0.1, 0.15) is 0 Å². The second-order valence-corrected chi connectivity index (χ2v) is 14.7. The lowest BCUT2D eigenvalue weighted by Gasteiger charge is -2.29. The zero-order valence-electron chi connectivity index (χ0n) is 28.7. The van der Waals surface area contributed by atoms with E-state index in [0.717, 1.165) is 55.5 Å². The van der Waals surface area contributed by atoms with Gasteiger partial charge in [-0.15, -0.1) is 11.3 Å². The fourth-order valence-corrected chi connectivity index (χ4v) is 9.26. The minimum Gasteiger partial charge on any atom is -0.455 e. The summed E-state index contributed by atoms with van der Waals surface area (Å²) in [4.78, 5) is 2.43. The number of benzene rings is 9. The highest BCUT2D eigenvalue weighted by Gasteiger charge is 2.22. The molecule has 0 atom stereocenters. The maximum absolute atomic E-state index is 6.89. The summed E-state index contributed by atoms with van der Waals surface area (Å²) >= 11 is 1.86. The normalized spacial score (nSPS) is 11.8. The van der Waals surface area contributed by atoms with Crippen LogP contribution in [-0.4, -0.2) is 0 Å². The van der Waals surface area contributed by atoms with E-state index in [9.17, 15) is 0 Å². The fourth-order valence-electron chi connectivity index (χ4n) is 8.18. The number of para-hydroxylation sites is 2. The van der Waals surface area contributed by atoms with Gasteiger partial charge in [-0.1, -0.05) is 140 Å². The van der Waals surface area contributed by atoms with Crippen LogP contribution in [-0.2, 0) is 0 Å². The molecule has 0 spiro atoms. The van der Waals surface area contributed by atoms with Gasteiger partial charge in [0.25, 0.3) is 0 Å². The molecule has 0 fully saturated rings. The quantitative estimate of drug-likeness (QED) is 0.178. The van der Waals surface area contributed by atoms with Crippen LogP contribution < -0.4 is 4.90 Å². The van der Waals surface area contributed by atoms with Crippen molar-refractivity contribution in [1.82, 2.24) is 0 Å². The first kappa shape index (κ1) is 30.0. The molecule has 53 heavy (non-hydrogen) atoms. The van der Waals surface area contributed by atoms with E-state index in [2.05, 4.69) is 193 Å². The molecule has 0 radical (unpaired) electrons. The average molecular weight is 694 g/mol. The zero-order valence-corrected chi connectivity index (χ0v) is 29.5. The lowest BCUT2D eigenvalue weighted by atomic mass is 9.97. The third kappa shape index (κ3) is 4.78. The van der Waals surface area contributed by atoms with E-state index in [1.54, 1.807) is 0 Å². The van der Waals surface area contributed by atoms with Gasteiger partial charge >= 0.3 is 0 Å². The van der Waals surface area contributed by atoms with Crippen molar-refractivity contribution in [2.24, 2.45) is 0 Å². The van der Waals surface area contributed by atoms with Crippen molar-refractivity contribution in [2.45, 2.75) is 0 Å². The summed E-state index contributed by atoms with van der Waals surface area (Å²) in [5.41, 5.74) is 9.66. The van der Waals surface area contributed by atoms with Crippen molar-refractivity contribution in [3.05, 3.63) is 188 Å². The standard InChI is InChI=1S/C50H31NOS/c1-3-17-37-32(12-1)14-10-24-45(37)51(36-16-9-15-34(30-36)35-27-29-48-44(31-35)40-20-6-8-25-47(40)53-48)46-23-7-5-19-39(46)41-21-11-22-42-43-28-26-33-13-2-4-18-38(33)49(43)52-50(41)42/h1-31H. The van der Waals surface area contributed by atoms with E-state index in [0.29, 0.717) is 0 Å². The van der Waals surface area contributed by atoms with E-state index >= 15 is 0 Å². The van der Waals surface area contributed by atoms with Crippen molar-refractivity contribution in [3.63, 3.8) is 0 Å². The van der Waals surface area contributed by atoms with Gasteiger partial charge in [0.15, 0.2) is 0 Å². The Kier molecular flexibility index (Phi) is 6.76. The minimum atomic E-state index is 0.897. The fraction of sp³-hybridized carbons (Fsp3) is 0. The predicted molar refractivity (Wildman–Crippen MR) is 227 cm³/mol. The Balaban J connectivity index is 1.14. The molecular weight excluding hydrogens is 663 g/mol. The molecule has 11 rings (SSSR count). The highest BCUT2D eigenvalue weighted by Crippen LogP contribution is 2.47. The maximum atomic E-state index is 6.89. The maximum Gasteiger partial charge on any atom is 0.143 e. The van der Waals surface area contributed by atoms with E-state index in [1.807, 2.05) is 11.3 Å². The number of hydrogen-bond acceptors (Lipinski definition) is 3. The smallest absolute Gasteiger partial charge is 0.143 e. The molecule has 2 nitrogen and oxygen atoms in total. The summed E-state index contributed by atoms with van der Waals surface area (Å²) in [5, 5.41) is 9.55. The van der Waals surface area contributed by atoms with E-state index in [4.69, 9.17) is 4.42 Å².